The molecular weight excluding hydrogens is 72.0 g/mol. The van der Waals surface area contributed by atoms with Crippen LogP contribution >= 0.6 is 0 Å². The first kappa shape index (κ1) is 4.14. The number of rotatable bonds is 1. The smallest absolute Gasteiger partial charge is 0.165 e. The molecule has 0 amide bonds. The minimum Gasteiger partial charge on any atom is -0.542 e. The molecule has 0 aliphatic heterocycles. The fourth-order valence-electron chi connectivity index (χ4n) is 0. The molecule has 0 aromatic carbocycles. The van der Waals surface area contributed by atoms with Crippen molar-refractivity contribution in [2.45, 2.75) is 0 Å². The first-order valence-corrected chi connectivity index (χ1v) is 0.933. The number of carboxylic acids is 1. The van der Waals surface area contributed by atoms with Gasteiger partial charge in [0.25, 0.3) is 0 Å². The maximum atomic E-state index is 8.89. The summed E-state index contributed by atoms with van der Waals surface area (Å²) in [5, 5.41) is 8.89. The first-order chi connectivity index (χ1) is 2.27. The lowest BCUT2D eigenvalue weighted by Crippen LogP contribution is -2.22. The van der Waals surface area contributed by atoms with E-state index in [1.165, 1.54) is 0 Å². The predicted molar refractivity (Wildman–Crippen MR) is 11.1 cm³/mol. The summed E-state index contributed by atoms with van der Waals surface area (Å²) in [6, 6.07) is 0. The molecule has 28 valence electrons. The van der Waals surface area contributed by atoms with E-state index in [4.69, 9.17) is 14.7 Å². The van der Waals surface area contributed by atoms with Crippen LogP contribution in [-0.2, 0) is 9.59 Å². The lowest BCUT2D eigenvalue weighted by atomic mass is 10.8. The Morgan fingerprint density at radius 3 is 2.00 bits per heavy atom. The highest BCUT2D eigenvalue weighted by Gasteiger charge is 1.63. The van der Waals surface area contributed by atoms with Crippen molar-refractivity contribution >= 4 is 12.3 Å². The normalized spacial score (nSPS) is 6.40. The number of carbonyl (C=O) groups excluding carboxylic acids is 2. The van der Waals surface area contributed by atoms with Gasteiger partial charge in [-0.25, -0.2) is 0 Å². The molecule has 3 heteroatoms. The predicted octanol–water partition coefficient (Wildman–Crippen LogP) is -2.06. The van der Waals surface area contributed by atoms with E-state index < -0.39 is 5.97 Å². The molecule has 0 fully saturated rings. The van der Waals surface area contributed by atoms with Crippen molar-refractivity contribution in [2.24, 2.45) is 0 Å². The van der Waals surface area contributed by atoms with Gasteiger partial charge in [0.05, 0.1) is 0 Å². The van der Waals surface area contributed by atoms with E-state index in [1.807, 2.05) is 0 Å². The van der Waals surface area contributed by atoms with E-state index in [0.717, 1.165) is 0 Å². The zero-order valence-corrected chi connectivity index (χ0v) is 2.30. The minimum absolute atomic E-state index is 0.278. The third-order valence-corrected chi connectivity index (χ3v) is 0.0962. The SMILES string of the molecule is O=CC(=O)[O-]. The number of aldehydes is 1. The number of carboxylic acid groups (broad SMARTS) is 1. The van der Waals surface area contributed by atoms with E-state index in [9.17, 15) is 0 Å². The zero-order valence-electron chi connectivity index (χ0n) is 2.30. The maximum Gasteiger partial charge on any atom is 0.165 e. The van der Waals surface area contributed by atoms with Crippen LogP contribution in [0.4, 0.5) is 0 Å². The van der Waals surface area contributed by atoms with Crippen LogP contribution in [0, 0.1) is 0 Å². The third kappa shape index (κ3) is 3.14. The summed E-state index contributed by atoms with van der Waals surface area (Å²) in [6.07, 6.45) is -0.278. The summed E-state index contributed by atoms with van der Waals surface area (Å²) in [5.41, 5.74) is 0. The Morgan fingerprint density at radius 2 is 2.00 bits per heavy atom. The van der Waals surface area contributed by atoms with Crippen molar-refractivity contribution in [1.82, 2.24) is 0 Å². The van der Waals surface area contributed by atoms with Gasteiger partial charge in [0.2, 0.25) is 0 Å². The number of hydrogen-bond donors (Lipinski definition) is 0. The van der Waals surface area contributed by atoms with Crippen LogP contribution in [0.5, 0.6) is 0 Å². The Morgan fingerprint density at radius 1 is 1.80 bits per heavy atom. The van der Waals surface area contributed by atoms with Crippen LogP contribution < -0.4 is 5.11 Å². The molecule has 0 radical (unpaired) electrons. The quantitative estimate of drug-likeness (QED) is 0.265. The van der Waals surface area contributed by atoms with Gasteiger partial charge in [0.1, 0.15) is 5.97 Å². The van der Waals surface area contributed by atoms with Crippen molar-refractivity contribution in [3.8, 4) is 0 Å². The second-order valence-corrected chi connectivity index (χ2v) is 0.437. The Balaban J connectivity index is 3.20. The Hall–Kier alpha value is -0.860. The third-order valence-electron chi connectivity index (χ3n) is 0.0962. The first-order valence-electron chi connectivity index (χ1n) is 0.933. The van der Waals surface area contributed by atoms with E-state index in [1.54, 1.807) is 0 Å². The molecule has 0 N–H and O–H groups in total. The van der Waals surface area contributed by atoms with Gasteiger partial charge in [-0.1, -0.05) is 0 Å². The molecule has 0 unspecified atom stereocenters. The molecule has 0 rings (SSSR count). The number of aliphatic carboxylic acids is 1. The van der Waals surface area contributed by atoms with Gasteiger partial charge in [-0.05, 0) is 0 Å². The lowest BCUT2D eigenvalue weighted by molar-refractivity contribution is -0.298. The molecule has 0 atom stereocenters. The van der Waals surface area contributed by atoms with Gasteiger partial charge in [-0.2, -0.15) is 0 Å². The summed E-state index contributed by atoms with van der Waals surface area (Å²) in [7, 11) is 0. The van der Waals surface area contributed by atoms with Crippen LogP contribution in [0.25, 0.3) is 0 Å². The average molecular weight is 73.0 g/mol. The second-order valence-electron chi connectivity index (χ2n) is 0.437. The van der Waals surface area contributed by atoms with Crippen molar-refractivity contribution < 1.29 is 14.7 Å². The van der Waals surface area contributed by atoms with Crippen molar-refractivity contribution in [2.75, 3.05) is 0 Å². The molecule has 0 aromatic heterocycles. The van der Waals surface area contributed by atoms with Gasteiger partial charge < -0.3 is 9.90 Å². The topological polar surface area (TPSA) is 57.2 Å². The van der Waals surface area contributed by atoms with Crippen molar-refractivity contribution in [1.29, 1.82) is 0 Å². The van der Waals surface area contributed by atoms with Crippen LogP contribution in [0.15, 0.2) is 0 Å². The second kappa shape index (κ2) is 1.46. The molecule has 5 heavy (non-hydrogen) atoms. The maximum absolute atomic E-state index is 8.89. The van der Waals surface area contributed by atoms with E-state index >= 15 is 0 Å². The van der Waals surface area contributed by atoms with Crippen molar-refractivity contribution in [3.05, 3.63) is 0 Å². The Kier molecular flexibility index (Phi) is 1.21. The summed E-state index contributed by atoms with van der Waals surface area (Å²) >= 11 is 0. The molecule has 0 spiro atoms. The molecule has 0 aliphatic rings. The van der Waals surface area contributed by atoms with Crippen LogP contribution in [0.3, 0.4) is 0 Å². The molecule has 0 heterocycles. The highest BCUT2D eigenvalue weighted by atomic mass is 16.4. The Labute approximate surface area is 28.2 Å². The molecule has 0 saturated heterocycles. The molecule has 0 aromatic rings. The summed E-state index contributed by atoms with van der Waals surface area (Å²) in [6.45, 7) is 0. The van der Waals surface area contributed by atoms with Gasteiger partial charge >= 0.3 is 0 Å². The highest BCUT2D eigenvalue weighted by Crippen LogP contribution is 1.28. The lowest BCUT2D eigenvalue weighted by Gasteiger charge is -1.76. The molecule has 0 saturated carbocycles. The number of carbonyl (C=O) groups is 2. The monoisotopic (exact) mass is 73.0 g/mol. The van der Waals surface area contributed by atoms with E-state index in [2.05, 4.69) is 0 Å². The van der Waals surface area contributed by atoms with Crippen molar-refractivity contribution in [3.63, 3.8) is 0 Å². The zero-order chi connectivity index (χ0) is 4.28. The highest BCUT2D eigenvalue weighted by molar-refractivity contribution is 6.17. The van der Waals surface area contributed by atoms with Crippen LogP contribution in [0.2, 0.25) is 0 Å². The molecule has 0 bridgehead atoms. The Bertz CT molecular complexity index is 55.9. The van der Waals surface area contributed by atoms with Gasteiger partial charge in [0, 0.05) is 0 Å². The number of hydrogen-bond acceptors (Lipinski definition) is 3. The minimum atomic E-state index is -1.68. The largest absolute Gasteiger partial charge is 0.542 e. The average Bonchev–Trinajstić information content (AvgIpc) is 1.38. The van der Waals surface area contributed by atoms with Crippen LogP contribution in [0.1, 0.15) is 0 Å². The molecule has 3 nitrogen and oxygen atoms in total. The summed E-state index contributed by atoms with van der Waals surface area (Å²) < 4.78 is 0. The summed E-state index contributed by atoms with van der Waals surface area (Å²) in [4.78, 5) is 17.7. The van der Waals surface area contributed by atoms with Gasteiger partial charge in [0.15, 0.2) is 6.29 Å². The molecule has 0 aliphatic carbocycles. The summed E-state index contributed by atoms with van der Waals surface area (Å²) in [5.74, 6) is -1.68. The van der Waals surface area contributed by atoms with Crippen LogP contribution in [-0.4, -0.2) is 12.3 Å². The van der Waals surface area contributed by atoms with E-state index in [0.29, 0.717) is 0 Å². The fraction of sp³-hybridized carbons (Fsp3) is 0. The van der Waals surface area contributed by atoms with E-state index in [-0.39, 0.29) is 6.29 Å². The van der Waals surface area contributed by atoms with Gasteiger partial charge in [-0.15, -0.1) is 0 Å². The fourth-order valence-corrected chi connectivity index (χ4v) is 0. The standard InChI is InChI=1S/C2H2O3/c3-1-2(4)5/h1H,(H,4,5)/p-1. The molecular formula is C2HO3-. The van der Waals surface area contributed by atoms with Gasteiger partial charge in [-0.3, -0.25) is 4.79 Å².